The van der Waals surface area contributed by atoms with Crippen molar-refractivity contribution in [3.05, 3.63) is 81.7 Å². The van der Waals surface area contributed by atoms with Gasteiger partial charge in [-0.2, -0.15) is 0 Å². The molecule has 0 unspecified atom stereocenters. The highest BCUT2D eigenvalue weighted by atomic mass is 32.1. The van der Waals surface area contributed by atoms with Gasteiger partial charge in [-0.05, 0) is 74.5 Å². The van der Waals surface area contributed by atoms with Crippen LogP contribution in [-0.2, 0) is 9.59 Å². The van der Waals surface area contributed by atoms with Crippen molar-refractivity contribution in [1.82, 2.24) is 0 Å². The van der Waals surface area contributed by atoms with E-state index in [1.165, 1.54) is 16.2 Å². The number of carbonyl (C=O) groups is 2. The van der Waals surface area contributed by atoms with Gasteiger partial charge in [-0.25, -0.2) is 4.90 Å². The number of hydrogen-bond acceptors (Lipinski definition) is 5. The van der Waals surface area contributed by atoms with E-state index in [1.54, 1.807) is 18.2 Å². The van der Waals surface area contributed by atoms with Crippen LogP contribution in [0.3, 0.4) is 0 Å². The Bertz CT molecular complexity index is 1160. The number of imide groups is 1. The Kier molecular flexibility index (Phi) is 5.65. The molecule has 0 bridgehead atoms. The van der Waals surface area contributed by atoms with Crippen molar-refractivity contribution in [2.45, 2.75) is 33.8 Å². The molecule has 5 nitrogen and oxygen atoms in total. The van der Waals surface area contributed by atoms with Gasteiger partial charge in [-0.3, -0.25) is 9.59 Å². The highest BCUT2D eigenvalue weighted by Gasteiger charge is 2.41. The number of hydrogen-bond donors (Lipinski definition) is 1. The van der Waals surface area contributed by atoms with E-state index >= 15 is 0 Å². The van der Waals surface area contributed by atoms with Crippen molar-refractivity contribution in [3.63, 3.8) is 0 Å². The number of nitrogens with one attached hydrogen (secondary N) is 1. The van der Waals surface area contributed by atoms with E-state index in [1.807, 2.05) is 63.4 Å². The van der Waals surface area contributed by atoms with Gasteiger partial charge in [0.2, 0.25) is 0 Å². The van der Waals surface area contributed by atoms with Crippen LogP contribution in [0.1, 0.15) is 29.9 Å². The van der Waals surface area contributed by atoms with Gasteiger partial charge in [0.05, 0.1) is 17.4 Å². The van der Waals surface area contributed by atoms with Crippen LogP contribution in [0.4, 0.5) is 11.4 Å². The summed E-state index contributed by atoms with van der Waals surface area (Å²) in [5.41, 5.74) is 4.01. The average molecular weight is 433 g/mol. The fourth-order valence-corrected chi connectivity index (χ4v) is 4.47. The number of anilines is 2. The van der Waals surface area contributed by atoms with Crippen LogP contribution in [0.2, 0.25) is 0 Å². The molecule has 1 N–H and O–H groups in total. The minimum Gasteiger partial charge on any atom is -0.489 e. The summed E-state index contributed by atoms with van der Waals surface area (Å²) in [6.07, 6.45) is -0.0912. The van der Waals surface area contributed by atoms with Gasteiger partial charge >= 0.3 is 0 Å². The average Bonchev–Trinajstić information content (AvgIpc) is 3.29. The van der Waals surface area contributed by atoms with E-state index in [0.717, 1.165) is 21.7 Å². The second-order valence-corrected chi connectivity index (χ2v) is 8.76. The Hall–Kier alpha value is -3.38. The SMILES string of the molecule is Cc1cc(C)cc(NC2=C(c3cccs3)C(=O)N(c3ccccc3OC(C)C)C2=O)c1. The predicted molar refractivity (Wildman–Crippen MR) is 125 cm³/mol. The van der Waals surface area contributed by atoms with Crippen LogP contribution in [0.5, 0.6) is 5.75 Å². The van der Waals surface area contributed by atoms with Crippen molar-refractivity contribution < 1.29 is 14.3 Å². The van der Waals surface area contributed by atoms with Crippen molar-refractivity contribution in [2.75, 3.05) is 10.2 Å². The maximum Gasteiger partial charge on any atom is 0.282 e. The summed E-state index contributed by atoms with van der Waals surface area (Å²) >= 11 is 1.43. The lowest BCUT2D eigenvalue weighted by atomic mass is 10.1. The minimum atomic E-state index is -0.396. The molecule has 3 aromatic rings. The molecule has 31 heavy (non-hydrogen) atoms. The summed E-state index contributed by atoms with van der Waals surface area (Å²) in [6, 6.07) is 16.8. The van der Waals surface area contributed by atoms with Crippen LogP contribution in [-0.4, -0.2) is 17.9 Å². The lowest BCUT2D eigenvalue weighted by Crippen LogP contribution is -2.33. The van der Waals surface area contributed by atoms with Crippen molar-refractivity contribution >= 4 is 40.1 Å². The Labute approximate surface area is 186 Å². The molecular formula is C25H24N2O3S. The van der Waals surface area contributed by atoms with E-state index in [9.17, 15) is 9.59 Å². The van der Waals surface area contributed by atoms with Crippen LogP contribution in [0, 0.1) is 13.8 Å². The standard InChI is InChI=1S/C25H24N2O3S/c1-15(2)30-20-9-6-5-8-19(20)27-24(28)22(21-10-7-11-31-21)23(25(27)29)26-18-13-16(3)12-17(4)14-18/h5-15,26H,1-4H3. The first kappa shape index (κ1) is 20.9. The van der Waals surface area contributed by atoms with E-state index in [2.05, 4.69) is 11.4 Å². The molecule has 0 atom stereocenters. The van der Waals surface area contributed by atoms with Crippen LogP contribution in [0.25, 0.3) is 5.57 Å². The summed E-state index contributed by atoms with van der Waals surface area (Å²) in [5, 5.41) is 5.13. The normalized spacial score (nSPS) is 14.0. The number of aryl methyl sites for hydroxylation is 2. The number of thiophene rings is 1. The van der Waals surface area contributed by atoms with Gasteiger partial charge in [0, 0.05) is 10.6 Å². The van der Waals surface area contributed by atoms with Crippen molar-refractivity contribution in [3.8, 4) is 5.75 Å². The van der Waals surface area contributed by atoms with Gasteiger partial charge in [0.1, 0.15) is 11.4 Å². The number of para-hydroxylation sites is 2. The van der Waals surface area contributed by atoms with Gasteiger partial charge in [-0.15, -0.1) is 11.3 Å². The molecule has 1 aliphatic rings. The largest absolute Gasteiger partial charge is 0.489 e. The fraction of sp³-hybridized carbons (Fsp3) is 0.200. The predicted octanol–water partition coefficient (Wildman–Crippen LogP) is 5.55. The number of amides is 2. The van der Waals surface area contributed by atoms with E-state index in [4.69, 9.17) is 4.74 Å². The molecule has 0 spiro atoms. The van der Waals surface area contributed by atoms with E-state index in [0.29, 0.717) is 17.0 Å². The zero-order valence-corrected chi connectivity index (χ0v) is 18.7. The third-order valence-electron chi connectivity index (χ3n) is 4.81. The first-order valence-corrected chi connectivity index (χ1v) is 11.0. The number of nitrogens with zero attached hydrogens (tertiary/aromatic N) is 1. The first-order chi connectivity index (χ1) is 14.8. The van der Waals surface area contributed by atoms with E-state index < -0.39 is 5.91 Å². The molecule has 1 aliphatic heterocycles. The zero-order chi connectivity index (χ0) is 22.1. The minimum absolute atomic E-state index is 0.0912. The molecule has 2 heterocycles. The topological polar surface area (TPSA) is 58.6 Å². The summed E-state index contributed by atoms with van der Waals surface area (Å²) in [5.74, 6) is -0.260. The summed E-state index contributed by atoms with van der Waals surface area (Å²) in [7, 11) is 0. The smallest absolute Gasteiger partial charge is 0.282 e. The molecule has 158 valence electrons. The Balaban J connectivity index is 1.81. The molecule has 0 saturated carbocycles. The molecule has 2 amide bonds. The summed E-state index contributed by atoms with van der Waals surface area (Å²) in [4.78, 5) is 29.1. The number of ether oxygens (including phenoxy) is 1. The maximum absolute atomic E-state index is 13.6. The molecule has 0 saturated heterocycles. The van der Waals surface area contributed by atoms with Crippen molar-refractivity contribution in [1.29, 1.82) is 0 Å². The second kappa shape index (κ2) is 8.40. The molecule has 2 aromatic carbocycles. The lowest BCUT2D eigenvalue weighted by molar-refractivity contribution is -0.120. The van der Waals surface area contributed by atoms with Crippen LogP contribution >= 0.6 is 11.3 Å². The van der Waals surface area contributed by atoms with Gasteiger partial charge in [-0.1, -0.05) is 24.3 Å². The highest BCUT2D eigenvalue weighted by Crippen LogP contribution is 2.39. The zero-order valence-electron chi connectivity index (χ0n) is 17.9. The van der Waals surface area contributed by atoms with Crippen LogP contribution < -0.4 is 15.0 Å². The third kappa shape index (κ3) is 4.11. The Morgan fingerprint density at radius 3 is 2.29 bits per heavy atom. The second-order valence-electron chi connectivity index (χ2n) is 7.81. The summed E-state index contributed by atoms with van der Waals surface area (Å²) in [6.45, 7) is 7.82. The highest BCUT2D eigenvalue weighted by molar-refractivity contribution is 7.11. The Morgan fingerprint density at radius 2 is 1.65 bits per heavy atom. The van der Waals surface area contributed by atoms with Gasteiger partial charge in [0.15, 0.2) is 0 Å². The molecule has 0 aliphatic carbocycles. The molecule has 0 radical (unpaired) electrons. The molecule has 0 fully saturated rings. The molecular weight excluding hydrogens is 408 g/mol. The Morgan fingerprint density at radius 1 is 0.935 bits per heavy atom. The lowest BCUT2D eigenvalue weighted by Gasteiger charge is -2.20. The number of rotatable bonds is 6. The van der Waals surface area contributed by atoms with Crippen LogP contribution in [0.15, 0.2) is 65.7 Å². The maximum atomic E-state index is 13.6. The van der Waals surface area contributed by atoms with E-state index in [-0.39, 0.29) is 17.7 Å². The third-order valence-corrected chi connectivity index (χ3v) is 5.70. The molecule has 1 aromatic heterocycles. The fourth-order valence-electron chi connectivity index (χ4n) is 3.70. The van der Waals surface area contributed by atoms with Gasteiger partial charge in [0.25, 0.3) is 11.8 Å². The number of carbonyl (C=O) groups excluding carboxylic acids is 2. The summed E-state index contributed by atoms with van der Waals surface area (Å²) < 4.78 is 5.88. The van der Waals surface area contributed by atoms with Gasteiger partial charge < -0.3 is 10.1 Å². The van der Waals surface area contributed by atoms with Crippen molar-refractivity contribution in [2.24, 2.45) is 0 Å². The molecule has 4 rings (SSSR count). The quantitative estimate of drug-likeness (QED) is 0.519. The monoisotopic (exact) mass is 432 g/mol. The number of benzene rings is 2. The molecule has 6 heteroatoms. The first-order valence-electron chi connectivity index (χ1n) is 10.1.